The van der Waals surface area contributed by atoms with Gasteiger partial charge in [-0.2, -0.15) is 16.7 Å². The van der Waals surface area contributed by atoms with Crippen LogP contribution in [-0.4, -0.2) is 31.5 Å². The van der Waals surface area contributed by atoms with Crippen molar-refractivity contribution < 1.29 is 4.52 Å². The largest absolute Gasteiger partial charge is 0.335 e. The minimum absolute atomic E-state index is 0.491. The molecule has 0 amide bonds. The van der Waals surface area contributed by atoms with Crippen LogP contribution < -0.4 is 5.73 Å². The molecule has 6 nitrogen and oxygen atoms in total. The van der Waals surface area contributed by atoms with Crippen molar-refractivity contribution in [3.8, 4) is 11.6 Å². The van der Waals surface area contributed by atoms with Crippen LogP contribution in [0.15, 0.2) is 17.0 Å². The zero-order valence-electron chi connectivity index (χ0n) is 12.1. The maximum absolute atomic E-state index is 5.52. The smallest absolute Gasteiger partial charge is 0.278 e. The predicted octanol–water partition coefficient (Wildman–Crippen LogP) is 2.46. The van der Waals surface area contributed by atoms with Crippen LogP contribution in [0.4, 0.5) is 0 Å². The molecule has 0 radical (unpaired) electrons. The topological polar surface area (TPSA) is 82.8 Å². The van der Waals surface area contributed by atoms with Gasteiger partial charge >= 0.3 is 0 Å². The Morgan fingerprint density at radius 3 is 3.00 bits per heavy atom. The average Bonchev–Trinajstić information content (AvgIpc) is 3.15. The summed E-state index contributed by atoms with van der Waals surface area (Å²) < 4.78 is 7.23. The number of thioether (sulfide) groups is 1. The Morgan fingerprint density at radius 1 is 1.33 bits per heavy atom. The predicted molar refractivity (Wildman–Crippen MR) is 82.7 cm³/mol. The number of hydrogen-bond acceptors (Lipinski definition) is 6. The lowest BCUT2D eigenvalue weighted by atomic mass is 10.0. The van der Waals surface area contributed by atoms with Gasteiger partial charge < -0.3 is 14.8 Å². The van der Waals surface area contributed by atoms with Gasteiger partial charge in [-0.3, -0.25) is 0 Å². The Bertz CT molecular complexity index is 561. The molecule has 2 N–H and O–H groups in total. The minimum atomic E-state index is 0.491. The first-order valence-corrected chi connectivity index (χ1v) is 8.56. The first kappa shape index (κ1) is 14.6. The molecular formula is C14H21N5OS. The number of imidazole rings is 1. The van der Waals surface area contributed by atoms with Crippen LogP contribution in [0.2, 0.25) is 0 Å². The second kappa shape index (κ2) is 7.09. The van der Waals surface area contributed by atoms with E-state index in [2.05, 4.69) is 15.1 Å². The number of nitrogens with two attached hydrogens (primary N) is 1. The van der Waals surface area contributed by atoms with Crippen molar-refractivity contribution in [1.82, 2.24) is 19.7 Å². The van der Waals surface area contributed by atoms with Gasteiger partial charge in [0.05, 0.1) is 12.1 Å². The van der Waals surface area contributed by atoms with Crippen LogP contribution in [0.3, 0.4) is 0 Å². The van der Waals surface area contributed by atoms with Gasteiger partial charge in [0.15, 0.2) is 5.82 Å². The van der Waals surface area contributed by atoms with Gasteiger partial charge in [0.25, 0.3) is 5.89 Å². The molecule has 1 saturated carbocycles. The first-order chi connectivity index (χ1) is 10.3. The number of rotatable bonds is 6. The summed E-state index contributed by atoms with van der Waals surface area (Å²) in [5, 5.41) is 4.81. The maximum atomic E-state index is 5.52. The highest BCUT2D eigenvalue weighted by atomic mass is 32.2. The van der Waals surface area contributed by atoms with Crippen molar-refractivity contribution in [2.75, 3.05) is 6.54 Å². The van der Waals surface area contributed by atoms with Gasteiger partial charge in [-0.1, -0.05) is 24.4 Å². The molecule has 2 heterocycles. The summed E-state index contributed by atoms with van der Waals surface area (Å²) in [6.45, 7) is 1.33. The van der Waals surface area contributed by atoms with E-state index in [-0.39, 0.29) is 0 Å². The van der Waals surface area contributed by atoms with Crippen LogP contribution in [-0.2, 0) is 12.3 Å². The van der Waals surface area contributed by atoms with Crippen molar-refractivity contribution in [2.45, 2.75) is 49.7 Å². The van der Waals surface area contributed by atoms with E-state index in [1.54, 1.807) is 6.33 Å². The van der Waals surface area contributed by atoms with Crippen LogP contribution in [0.1, 0.15) is 37.9 Å². The zero-order valence-corrected chi connectivity index (χ0v) is 12.9. The summed E-state index contributed by atoms with van der Waals surface area (Å²) in [5.41, 5.74) is 6.23. The Kier molecular flexibility index (Phi) is 4.92. The summed E-state index contributed by atoms with van der Waals surface area (Å²) in [7, 11) is 0. The molecule has 21 heavy (non-hydrogen) atoms. The van der Waals surface area contributed by atoms with Gasteiger partial charge in [0.1, 0.15) is 5.69 Å². The summed E-state index contributed by atoms with van der Waals surface area (Å²) in [5.74, 6) is 2.07. The second-order valence-electron chi connectivity index (χ2n) is 5.37. The summed E-state index contributed by atoms with van der Waals surface area (Å²) in [6.07, 6.45) is 10.4. The molecule has 1 fully saturated rings. The van der Waals surface area contributed by atoms with Gasteiger partial charge in [-0.25, -0.2) is 4.98 Å². The lowest BCUT2D eigenvalue weighted by Crippen LogP contribution is -2.08. The van der Waals surface area contributed by atoms with Crippen molar-refractivity contribution in [3.63, 3.8) is 0 Å². The highest BCUT2D eigenvalue weighted by Gasteiger charge is 2.16. The SMILES string of the molecule is NCCn1cnc(-c2nc(CSC3CCCCC3)no2)c1. The van der Waals surface area contributed by atoms with E-state index in [0.717, 1.165) is 23.4 Å². The maximum Gasteiger partial charge on any atom is 0.278 e. The van der Waals surface area contributed by atoms with E-state index < -0.39 is 0 Å². The molecule has 1 aliphatic carbocycles. The Morgan fingerprint density at radius 2 is 2.19 bits per heavy atom. The normalized spacial score (nSPS) is 16.4. The molecule has 3 rings (SSSR count). The van der Waals surface area contributed by atoms with E-state index >= 15 is 0 Å². The lowest BCUT2D eigenvalue weighted by molar-refractivity contribution is 0.424. The third-order valence-corrected chi connectivity index (χ3v) is 5.08. The molecule has 0 atom stereocenters. The third-order valence-electron chi connectivity index (χ3n) is 3.71. The monoisotopic (exact) mass is 307 g/mol. The van der Waals surface area contributed by atoms with E-state index in [9.17, 15) is 0 Å². The van der Waals surface area contributed by atoms with Gasteiger partial charge in [-0.15, -0.1) is 0 Å². The minimum Gasteiger partial charge on any atom is -0.335 e. The van der Waals surface area contributed by atoms with Crippen molar-refractivity contribution in [2.24, 2.45) is 5.73 Å². The highest BCUT2D eigenvalue weighted by Crippen LogP contribution is 2.30. The van der Waals surface area contributed by atoms with Gasteiger partial charge in [0, 0.05) is 24.5 Å². The quantitative estimate of drug-likeness (QED) is 0.882. The lowest BCUT2D eigenvalue weighted by Gasteiger charge is -2.19. The molecular weight excluding hydrogens is 286 g/mol. The van der Waals surface area contributed by atoms with Crippen LogP contribution in [0.5, 0.6) is 0 Å². The molecule has 0 unspecified atom stereocenters. The molecule has 0 aliphatic heterocycles. The van der Waals surface area contributed by atoms with Crippen LogP contribution >= 0.6 is 11.8 Å². The van der Waals surface area contributed by atoms with Crippen molar-refractivity contribution >= 4 is 11.8 Å². The zero-order chi connectivity index (χ0) is 14.5. The fourth-order valence-corrected chi connectivity index (χ4v) is 3.75. The first-order valence-electron chi connectivity index (χ1n) is 7.51. The third kappa shape index (κ3) is 3.85. The molecule has 2 aromatic heterocycles. The van der Waals surface area contributed by atoms with Gasteiger partial charge in [-0.05, 0) is 12.8 Å². The summed E-state index contributed by atoms with van der Waals surface area (Å²) in [6, 6.07) is 0. The molecule has 114 valence electrons. The van der Waals surface area contributed by atoms with Gasteiger partial charge in [0.2, 0.25) is 0 Å². The standard InChI is InChI=1S/C14H21N5OS/c15-6-7-19-8-12(16-10-19)14-17-13(18-20-14)9-21-11-4-2-1-3-5-11/h8,10-11H,1-7,9,15H2. The second-order valence-corrected chi connectivity index (χ2v) is 6.66. The molecule has 1 aliphatic rings. The fraction of sp³-hybridized carbons (Fsp3) is 0.643. The van der Waals surface area contributed by atoms with E-state index in [4.69, 9.17) is 10.3 Å². The van der Waals surface area contributed by atoms with E-state index in [1.165, 1.54) is 32.1 Å². The molecule has 0 saturated heterocycles. The Labute approximate surface area is 128 Å². The number of nitrogens with zero attached hydrogens (tertiary/aromatic N) is 4. The fourth-order valence-electron chi connectivity index (χ4n) is 2.58. The molecule has 2 aromatic rings. The van der Waals surface area contributed by atoms with Crippen LogP contribution in [0, 0.1) is 0 Å². The average molecular weight is 307 g/mol. The van der Waals surface area contributed by atoms with E-state index in [0.29, 0.717) is 18.1 Å². The number of aromatic nitrogens is 4. The Hall–Kier alpha value is -1.34. The molecule has 7 heteroatoms. The summed E-state index contributed by atoms with van der Waals surface area (Å²) >= 11 is 1.95. The molecule has 0 spiro atoms. The van der Waals surface area contributed by atoms with Crippen molar-refractivity contribution in [3.05, 3.63) is 18.3 Å². The number of hydrogen-bond donors (Lipinski definition) is 1. The Balaban J connectivity index is 1.57. The van der Waals surface area contributed by atoms with Crippen molar-refractivity contribution in [1.29, 1.82) is 0 Å². The van der Waals surface area contributed by atoms with E-state index in [1.807, 2.05) is 22.5 Å². The molecule has 0 aromatic carbocycles. The summed E-state index contributed by atoms with van der Waals surface area (Å²) in [4.78, 5) is 8.71. The molecule has 0 bridgehead atoms. The highest BCUT2D eigenvalue weighted by molar-refractivity contribution is 7.99. The van der Waals surface area contributed by atoms with Crippen LogP contribution in [0.25, 0.3) is 11.6 Å².